The van der Waals surface area contributed by atoms with E-state index in [9.17, 15) is 14.4 Å². The Morgan fingerprint density at radius 2 is 2.00 bits per heavy atom. The summed E-state index contributed by atoms with van der Waals surface area (Å²) in [5, 5.41) is 15.1. The number of para-hydroxylation sites is 1. The van der Waals surface area contributed by atoms with E-state index in [2.05, 4.69) is 10.1 Å². The minimum absolute atomic E-state index is 0.0360. The number of hydrogen-bond donors (Lipinski definition) is 1. The molecule has 0 unspecified atom stereocenters. The fourth-order valence-electron chi connectivity index (χ4n) is 3.30. The first kappa shape index (κ1) is 19.6. The Balaban J connectivity index is 1.69. The number of rotatable bonds is 5. The van der Waals surface area contributed by atoms with Crippen LogP contribution in [0.2, 0.25) is 5.15 Å². The average molecular weight is 419 g/mol. The third kappa shape index (κ3) is 3.63. The van der Waals surface area contributed by atoms with Crippen LogP contribution in [-0.2, 0) is 6.54 Å². The van der Waals surface area contributed by atoms with E-state index in [1.807, 2.05) is 30.3 Å². The number of halogens is 2. The van der Waals surface area contributed by atoms with E-state index < -0.39 is 5.78 Å². The summed E-state index contributed by atoms with van der Waals surface area (Å²) in [4.78, 5) is 16.0. The Bertz CT molecular complexity index is 1330. The molecule has 1 N–H and O–H groups in total. The third-order valence-corrected chi connectivity index (χ3v) is 5.24. The number of Topliss-reactive ketones (excluding diaryl/α,β-unsaturated/α-hetero) is 1. The lowest BCUT2D eigenvalue weighted by molar-refractivity contribution is 0.104. The first-order valence-corrected chi connectivity index (χ1v) is 9.55. The van der Waals surface area contributed by atoms with Gasteiger partial charge in [-0.3, -0.25) is 4.79 Å². The predicted molar refractivity (Wildman–Crippen MR) is 114 cm³/mol. The molecule has 5 nitrogen and oxygen atoms in total. The lowest BCUT2D eigenvalue weighted by atomic mass is 10.0. The molecule has 0 atom stereocenters. The van der Waals surface area contributed by atoms with Crippen LogP contribution in [0.5, 0.6) is 0 Å². The standard InChI is InChI=1S/C23H16ClFN4O/c1-14-19(23(24)29(28-14)13-15-6-8-17(25)9-7-15)10-16(11-26)22(30)20-12-27-21-5-3-2-4-18(20)21/h2-10,12,27H,13H2,1H3/b16-10+. The fraction of sp³-hybridized carbons (Fsp3) is 0.0870. The fourth-order valence-corrected chi connectivity index (χ4v) is 3.58. The van der Waals surface area contributed by atoms with Gasteiger partial charge in [0.2, 0.25) is 5.78 Å². The van der Waals surface area contributed by atoms with E-state index >= 15 is 0 Å². The highest BCUT2D eigenvalue weighted by atomic mass is 35.5. The number of fused-ring (bicyclic) bond motifs is 1. The number of carbonyl (C=O) groups is 1. The molecule has 0 radical (unpaired) electrons. The summed E-state index contributed by atoms with van der Waals surface area (Å²) >= 11 is 6.49. The molecule has 7 heteroatoms. The van der Waals surface area contributed by atoms with Crippen molar-refractivity contribution in [1.82, 2.24) is 14.8 Å². The summed E-state index contributed by atoms with van der Waals surface area (Å²) in [5.41, 5.74) is 3.12. The van der Waals surface area contributed by atoms with Crippen molar-refractivity contribution in [1.29, 1.82) is 5.26 Å². The molecule has 0 aliphatic heterocycles. The maximum absolute atomic E-state index is 13.1. The highest BCUT2D eigenvalue weighted by molar-refractivity contribution is 6.31. The second-order valence-electron chi connectivity index (χ2n) is 6.82. The zero-order valence-electron chi connectivity index (χ0n) is 16.0. The molecule has 0 saturated carbocycles. The largest absolute Gasteiger partial charge is 0.360 e. The van der Waals surface area contributed by atoms with Crippen LogP contribution in [0, 0.1) is 24.1 Å². The minimum atomic E-state index is -0.392. The number of H-pyrrole nitrogens is 1. The van der Waals surface area contributed by atoms with Gasteiger partial charge in [0.15, 0.2) is 0 Å². The molecule has 0 fully saturated rings. The van der Waals surface area contributed by atoms with E-state index in [1.54, 1.807) is 29.9 Å². The number of aromatic amines is 1. The number of carbonyl (C=O) groups excluding carboxylic acids is 1. The summed E-state index contributed by atoms with van der Waals surface area (Å²) in [6.07, 6.45) is 3.07. The first-order valence-electron chi connectivity index (χ1n) is 9.18. The van der Waals surface area contributed by atoms with E-state index in [0.29, 0.717) is 28.5 Å². The predicted octanol–water partition coefficient (Wildman–Crippen LogP) is 5.30. The number of nitrogens with one attached hydrogen (secondary N) is 1. The lowest BCUT2D eigenvalue weighted by Crippen LogP contribution is -2.02. The van der Waals surface area contributed by atoms with Gasteiger partial charge >= 0.3 is 0 Å². The Hall–Kier alpha value is -3.69. The van der Waals surface area contributed by atoms with Crippen molar-refractivity contribution in [2.24, 2.45) is 0 Å². The van der Waals surface area contributed by atoms with Crippen LogP contribution in [0.3, 0.4) is 0 Å². The van der Waals surface area contributed by atoms with Crippen LogP contribution in [0.15, 0.2) is 60.3 Å². The number of benzene rings is 2. The zero-order valence-corrected chi connectivity index (χ0v) is 16.7. The van der Waals surface area contributed by atoms with Gasteiger partial charge in [0.05, 0.1) is 12.2 Å². The van der Waals surface area contributed by atoms with Crippen LogP contribution in [-0.4, -0.2) is 20.5 Å². The molecule has 0 amide bonds. The number of aromatic nitrogens is 3. The van der Waals surface area contributed by atoms with Crippen molar-refractivity contribution in [3.63, 3.8) is 0 Å². The highest BCUT2D eigenvalue weighted by Gasteiger charge is 2.19. The Morgan fingerprint density at radius 3 is 2.73 bits per heavy atom. The number of ketones is 1. The zero-order chi connectivity index (χ0) is 21.3. The van der Waals surface area contributed by atoms with Crippen molar-refractivity contribution in [2.45, 2.75) is 13.5 Å². The Kier molecular flexibility index (Phi) is 5.21. The van der Waals surface area contributed by atoms with Crippen LogP contribution >= 0.6 is 11.6 Å². The molecule has 0 aliphatic carbocycles. The van der Waals surface area contributed by atoms with Crippen molar-refractivity contribution < 1.29 is 9.18 Å². The molecule has 148 valence electrons. The quantitative estimate of drug-likeness (QED) is 0.271. The van der Waals surface area contributed by atoms with E-state index in [4.69, 9.17) is 11.6 Å². The molecule has 2 heterocycles. The molecule has 0 spiro atoms. The second kappa shape index (κ2) is 7.97. The normalized spacial score (nSPS) is 11.6. The van der Waals surface area contributed by atoms with Crippen LogP contribution in [0.1, 0.15) is 27.2 Å². The van der Waals surface area contributed by atoms with Crippen molar-refractivity contribution in [3.05, 3.63) is 93.7 Å². The van der Waals surface area contributed by atoms with Crippen LogP contribution in [0.4, 0.5) is 4.39 Å². The van der Waals surface area contributed by atoms with Gasteiger partial charge in [0.1, 0.15) is 22.6 Å². The second-order valence-corrected chi connectivity index (χ2v) is 7.18. The van der Waals surface area contributed by atoms with Gasteiger partial charge in [-0.2, -0.15) is 10.4 Å². The minimum Gasteiger partial charge on any atom is -0.360 e. The average Bonchev–Trinajstić information content (AvgIpc) is 3.29. The SMILES string of the molecule is Cc1nn(Cc2ccc(F)cc2)c(Cl)c1/C=C(\C#N)C(=O)c1c[nH]c2ccccc12. The van der Waals surface area contributed by atoms with Gasteiger partial charge in [-0.1, -0.05) is 41.9 Å². The number of nitriles is 1. The number of aryl methyl sites for hydroxylation is 1. The summed E-state index contributed by atoms with van der Waals surface area (Å²) in [7, 11) is 0. The number of allylic oxidation sites excluding steroid dienone is 1. The first-order chi connectivity index (χ1) is 14.5. The van der Waals surface area contributed by atoms with E-state index in [0.717, 1.165) is 16.5 Å². The number of hydrogen-bond acceptors (Lipinski definition) is 3. The van der Waals surface area contributed by atoms with Gasteiger partial charge in [0, 0.05) is 28.2 Å². The summed E-state index contributed by atoms with van der Waals surface area (Å²) in [6.45, 7) is 2.09. The van der Waals surface area contributed by atoms with E-state index in [1.165, 1.54) is 18.2 Å². The topological polar surface area (TPSA) is 74.5 Å². The summed E-state index contributed by atoms with van der Waals surface area (Å²) < 4.78 is 14.7. The molecular formula is C23H16ClFN4O. The summed E-state index contributed by atoms with van der Waals surface area (Å²) in [5.74, 6) is -0.712. The van der Waals surface area contributed by atoms with Gasteiger partial charge in [-0.15, -0.1) is 0 Å². The monoisotopic (exact) mass is 418 g/mol. The Labute approximate surface area is 177 Å². The molecule has 4 rings (SSSR count). The molecular weight excluding hydrogens is 403 g/mol. The smallest absolute Gasteiger partial charge is 0.205 e. The van der Waals surface area contributed by atoms with Crippen molar-refractivity contribution in [3.8, 4) is 6.07 Å². The molecule has 0 aliphatic rings. The molecule has 2 aromatic heterocycles. The maximum Gasteiger partial charge on any atom is 0.205 e. The maximum atomic E-state index is 13.1. The highest BCUT2D eigenvalue weighted by Crippen LogP contribution is 2.26. The molecule has 4 aromatic rings. The molecule has 0 bridgehead atoms. The molecule has 30 heavy (non-hydrogen) atoms. The van der Waals surface area contributed by atoms with Crippen molar-refractivity contribution in [2.75, 3.05) is 0 Å². The molecule has 2 aromatic carbocycles. The van der Waals surface area contributed by atoms with Crippen molar-refractivity contribution >= 4 is 34.4 Å². The summed E-state index contributed by atoms with van der Waals surface area (Å²) in [6, 6.07) is 15.4. The van der Waals surface area contributed by atoms with Gasteiger partial charge in [-0.05, 0) is 36.8 Å². The Morgan fingerprint density at radius 1 is 1.27 bits per heavy atom. The lowest BCUT2D eigenvalue weighted by Gasteiger charge is -2.04. The third-order valence-electron chi connectivity index (χ3n) is 4.84. The van der Waals surface area contributed by atoms with Gasteiger partial charge < -0.3 is 4.98 Å². The van der Waals surface area contributed by atoms with Gasteiger partial charge in [0.25, 0.3) is 0 Å². The number of nitrogens with zero attached hydrogens (tertiary/aromatic N) is 3. The molecule has 0 saturated heterocycles. The van der Waals surface area contributed by atoms with Gasteiger partial charge in [-0.25, -0.2) is 9.07 Å². The van der Waals surface area contributed by atoms with Crippen LogP contribution < -0.4 is 0 Å². The van der Waals surface area contributed by atoms with E-state index in [-0.39, 0.29) is 11.4 Å². The van der Waals surface area contributed by atoms with Crippen LogP contribution in [0.25, 0.3) is 17.0 Å².